The van der Waals surface area contributed by atoms with Gasteiger partial charge in [0.05, 0.1) is 10.8 Å². The molecule has 0 aromatic carbocycles. The van der Waals surface area contributed by atoms with Crippen molar-refractivity contribution in [3.8, 4) is 0 Å². The maximum absolute atomic E-state index is 12.7. The molecule has 2 aliphatic rings. The first kappa shape index (κ1) is 19.6. The van der Waals surface area contributed by atoms with Gasteiger partial charge in [-0.1, -0.05) is 37.4 Å². The van der Waals surface area contributed by atoms with Gasteiger partial charge in [-0.05, 0) is 37.8 Å². The third-order valence-corrected chi connectivity index (χ3v) is 7.81. The molecule has 1 aliphatic heterocycles. The van der Waals surface area contributed by atoms with E-state index in [0.717, 1.165) is 38.5 Å². The summed E-state index contributed by atoms with van der Waals surface area (Å²) in [6.45, 7) is 1.17. The molecule has 0 bridgehead atoms. The third kappa shape index (κ3) is 5.20. The fraction of sp³-hybridized carbons (Fsp3) is 0.667. The van der Waals surface area contributed by atoms with Crippen molar-refractivity contribution in [2.75, 3.05) is 18.8 Å². The van der Waals surface area contributed by atoms with Gasteiger partial charge in [0, 0.05) is 25.3 Å². The van der Waals surface area contributed by atoms with E-state index in [-0.39, 0.29) is 10.8 Å². The van der Waals surface area contributed by atoms with Crippen LogP contribution in [0.25, 0.3) is 0 Å². The van der Waals surface area contributed by atoms with Gasteiger partial charge in [-0.15, -0.1) is 0 Å². The van der Waals surface area contributed by atoms with Gasteiger partial charge in [-0.3, -0.25) is 4.79 Å². The number of thioether (sulfide) groups is 1. The molecule has 1 aliphatic carbocycles. The van der Waals surface area contributed by atoms with Crippen molar-refractivity contribution >= 4 is 27.7 Å². The van der Waals surface area contributed by atoms with Crippen LogP contribution in [0.3, 0.4) is 0 Å². The molecule has 6 nitrogen and oxygen atoms in total. The van der Waals surface area contributed by atoms with E-state index in [9.17, 15) is 13.2 Å². The van der Waals surface area contributed by atoms with Crippen LogP contribution in [0.2, 0.25) is 0 Å². The largest absolute Gasteiger partial charge is 0.353 e. The summed E-state index contributed by atoms with van der Waals surface area (Å²) in [6, 6.07) is 3.61. The molecule has 144 valence electrons. The zero-order valence-corrected chi connectivity index (χ0v) is 16.7. The Morgan fingerprint density at radius 2 is 1.81 bits per heavy atom. The summed E-state index contributed by atoms with van der Waals surface area (Å²) < 4.78 is 27.0. The summed E-state index contributed by atoms with van der Waals surface area (Å²) in [5, 5.41) is 3.71. The van der Waals surface area contributed by atoms with E-state index in [1.165, 1.54) is 30.8 Å². The predicted octanol–water partition coefficient (Wildman–Crippen LogP) is 2.80. The van der Waals surface area contributed by atoms with Crippen molar-refractivity contribution in [1.29, 1.82) is 0 Å². The second-order valence-corrected chi connectivity index (χ2v) is 9.92. The van der Waals surface area contributed by atoms with Crippen molar-refractivity contribution in [1.82, 2.24) is 14.6 Å². The number of sulfonamides is 1. The average molecular weight is 398 g/mol. The van der Waals surface area contributed by atoms with Crippen molar-refractivity contribution in [3.05, 3.63) is 18.3 Å². The summed E-state index contributed by atoms with van der Waals surface area (Å²) >= 11 is 1.34. The van der Waals surface area contributed by atoms with Gasteiger partial charge in [-0.2, -0.15) is 4.31 Å². The Balaban J connectivity index is 1.54. The van der Waals surface area contributed by atoms with Crippen molar-refractivity contribution < 1.29 is 13.2 Å². The second-order valence-electron chi connectivity index (χ2n) is 6.99. The topological polar surface area (TPSA) is 79.4 Å². The van der Waals surface area contributed by atoms with Crippen molar-refractivity contribution in [3.63, 3.8) is 0 Å². The predicted molar refractivity (Wildman–Crippen MR) is 103 cm³/mol. The van der Waals surface area contributed by atoms with E-state index < -0.39 is 10.0 Å². The Hall–Kier alpha value is -1.12. The lowest BCUT2D eigenvalue weighted by molar-refractivity contribution is -0.119. The molecule has 0 radical (unpaired) electrons. The summed E-state index contributed by atoms with van der Waals surface area (Å²) in [5.74, 6) is 0.326. The lowest BCUT2D eigenvalue weighted by Gasteiger charge is -2.19. The van der Waals surface area contributed by atoms with Crippen LogP contribution in [0.4, 0.5) is 0 Å². The number of carbonyl (C=O) groups is 1. The maximum atomic E-state index is 12.7. The Morgan fingerprint density at radius 1 is 1.12 bits per heavy atom. The number of hydrogen-bond donors (Lipinski definition) is 1. The van der Waals surface area contributed by atoms with Crippen LogP contribution in [0.1, 0.15) is 51.4 Å². The Bertz CT molecular complexity index is 693. The number of hydrogen-bond acceptors (Lipinski definition) is 5. The van der Waals surface area contributed by atoms with E-state index in [1.54, 1.807) is 16.4 Å². The first-order valence-electron chi connectivity index (χ1n) is 9.44. The third-order valence-electron chi connectivity index (χ3n) is 4.98. The summed E-state index contributed by atoms with van der Waals surface area (Å²) in [4.78, 5) is 16.5. The molecule has 2 heterocycles. The summed E-state index contributed by atoms with van der Waals surface area (Å²) in [7, 11) is -3.47. The van der Waals surface area contributed by atoms with Crippen LogP contribution >= 0.6 is 11.8 Å². The maximum Gasteiger partial charge on any atom is 0.244 e. The van der Waals surface area contributed by atoms with Gasteiger partial charge in [-0.25, -0.2) is 13.4 Å². The molecule has 1 saturated carbocycles. The lowest BCUT2D eigenvalue weighted by Crippen LogP contribution is -2.33. The van der Waals surface area contributed by atoms with Gasteiger partial charge in [0.15, 0.2) is 0 Å². The number of rotatable bonds is 6. The monoisotopic (exact) mass is 397 g/mol. The minimum Gasteiger partial charge on any atom is -0.353 e. The van der Waals surface area contributed by atoms with Gasteiger partial charge in [0.25, 0.3) is 0 Å². The molecule has 2 fully saturated rings. The molecule has 1 amide bonds. The zero-order valence-electron chi connectivity index (χ0n) is 15.0. The molecule has 1 aromatic heterocycles. The SMILES string of the molecule is O=C(CSc1ccc(S(=O)(=O)N2CCCCCC2)cn1)NC1CCCC1. The van der Waals surface area contributed by atoms with Crippen LogP contribution in [0.5, 0.6) is 0 Å². The molecule has 1 N–H and O–H groups in total. The molecule has 8 heteroatoms. The van der Waals surface area contributed by atoms with Gasteiger partial charge in [0.2, 0.25) is 15.9 Å². The number of carbonyl (C=O) groups excluding carboxylic acids is 1. The highest BCUT2D eigenvalue weighted by atomic mass is 32.2. The number of nitrogens with one attached hydrogen (secondary N) is 1. The van der Waals surface area contributed by atoms with Crippen LogP contribution in [0, 0.1) is 0 Å². The van der Waals surface area contributed by atoms with Crippen LogP contribution in [-0.2, 0) is 14.8 Å². The normalized spacial score (nSPS) is 20.0. The van der Waals surface area contributed by atoms with Crippen molar-refractivity contribution in [2.45, 2.75) is 67.3 Å². The van der Waals surface area contributed by atoms with E-state index in [1.807, 2.05) is 0 Å². The van der Waals surface area contributed by atoms with E-state index in [0.29, 0.717) is 29.9 Å². The van der Waals surface area contributed by atoms with Gasteiger partial charge < -0.3 is 5.32 Å². The molecule has 1 aromatic rings. The highest BCUT2D eigenvalue weighted by molar-refractivity contribution is 7.99. The quantitative estimate of drug-likeness (QED) is 0.747. The number of amides is 1. The molecule has 0 spiro atoms. The molecule has 3 rings (SSSR count). The van der Waals surface area contributed by atoms with E-state index >= 15 is 0 Å². The minimum absolute atomic E-state index is 0.0185. The Labute approximate surface area is 160 Å². The fourth-order valence-electron chi connectivity index (χ4n) is 3.51. The van der Waals surface area contributed by atoms with E-state index in [2.05, 4.69) is 10.3 Å². The van der Waals surface area contributed by atoms with E-state index in [4.69, 9.17) is 0 Å². The zero-order chi connectivity index (χ0) is 18.4. The highest BCUT2D eigenvalue weighted by Gasteiger charge is 2.25. The lowest BCUT2D eigenvalue weighted by atomic mass is 10.2. The van der Waals surface area contributed by atoms with Crippen molar-refractivity contribution in [2.24, 2.45) is 0 Å². The van der Waals surface area contributed by atoms with Crippen LogP contribution in [0.15, 0.2) is 28.3 Å². The van der Waals surface area contributed by atoms with Gasteiger partial charge >= 0.3 is 0 Å². The van der Waals surface area contributed by atoms with Crippen LogP contribution < -0.4 is 5.32 Å². The molecular weight excluding hydrogens is 370 g/mol. The summed E-state index contributed by atoms with van der Waals surface area (Å²) in [5.41, 5.74) is 0. The molecule has 26 heavy (non-hydrogen) atoms. The molecular formula is C18H27N3O3S2. The molecule has 1 saturated heterocycles. The standard InChI is InChI=1S/C18H27N3O3S2/c22-17(20-15-7-3-4-8-15)14-25-18-10-9-16(13-19-18)26(23,24)21-11-5-1-2-6-12-21/h9-10,13,15H,1-8,11-12,14H2,(H,20,22). The molecule has 0 atom stereocenters. The second kappa shape index (κ2) is 9.19. The number of pyridine rings is 1. The fourth-order valence-corrected chi connectivity index (χ4v) is 5.63. The average Bonchev–Trinajstić information content (AvgIpc) is 2.98. The number of nitrogens with zero attached hydrogens (tertiary/aromatic N) is 2. The highest BCUT2D eigenvalue weighted by Crippen LogP contribution is 2.22. The smallest absolute Gasteiger partial charge is 0.244 e. The van der Waals surface area contributed by atoms with Gasteiger partial charge in [0.1, 0.15) is 4.90 Å². The Morgan fingerprint density at radius 3 is 2.42 bits per heavy atom. The number of aromatic nitrogens is 1. The summed E-state index contributed by atoms with van der Waals surface area (Å²) in [6.07, 6.45) is 9.92. The molecule has 0 unspecified atom stereocenters. The minimum atomic E-state index is -3.47. The first-order chi connectivity index (χ1) is 12.6. The first-order valence-corrected chi connectivity index (χ1v) is 11.9. The Kier molecular flexibility index (Phi) is 6.94. The van der Waals surface area contributed by atoms with Crippen LogP contribution in [-0.4, -0.2) is 48.5 Å².